The Bertz CT molecular complexity index is 3580. The number of carbonyl (C=O) groups is 4. The first kappa shape index (κ1) is 120. The molecule has 0 radical (unpaired) electrons. The molecule has 8 N–H and O–H groups in total. The van der Waals surface area contributed by atoms with Gasteiger partial charge in [-0.15, -0.1) is 24.8 Å². The van der Waals surface area contributed by atoms with E-state index in [0.717, 1.165) is 33.4 Å². The molecule has 0 aromatic heterocycles. The molecular weight excluding hydrogens is 1570 g/mol. The number of nitrogens with two attached hydrogens (primary N) is 4. The fourth-order valence-corrected chi connectivity index (χ4v) is 7.80. The number of aliphatic imine (C=N–C) groups is 2. The maximum atomic E-state index is 12.4. The lowest BCUT2D eigenvalue weighted by Gasteiger charge is -2.26. The van der Waals surface area contributed by atoms with Gasteiger partial charge in [0.15, 0.2) is 0 Å². The molecule has 0 spiro atoms. The Hall–Kier alpha value is -9.13. The van der Waals surface area contributed by atoms with E-state index in [4.69, 9.17) is 76.7 Å². The molecule has 0 bridgehead atoms. The van der Waals surface area contributed by atoms with Gasteiger partial charge in [-0.25, -0.2) is 35.9 Å². The summed E-state index contributed by atoms with van der Waals surface area (Å²) in [5.41, 5.74) is 19.1. The molecule has 0 aliphatic carbocycles. The van der Waals surface area contributed by atoms with Crippen LogP contribution in [0.25, 0.3) is 0 Å². The van der Waals surface area contributed by atoms with Crippen LogP contribution in [0.2, 0.25) is 0 Å². The minimum atomic E-state index is -2.53. The number of alkyl halides is 9. The van der Waals surface area contributed by atoms with E-state index in [0.29, 0.717) is 0 Å². The van der Waals surface area contributed by atoms with Crippen LogP contribution in [0.1, 0.15) is 156 Å². The third-order valence-electron chi connectivity index (χ3n) is 14.3. The minimum Gasteiger partial charge on any atom is -0.461 e. The lowest BCUT2D eigenvalue weighted by atomic mass is 9.83. The second-order valence-electron chi connectivity index (χ2n) is 25.0. The molecule has 6 unspecified atom stereocenters. The number of halogens is 13. The summed E-state index contributed by atoms with van der Waals surface area (Å²) >= 11 is 9.93. The minimum absolute atomic E-state index is 0. The predicted molar refractivity (Wildman–Crippen MR) is 439 cm³/mol. The van der Waals surface area contributed by atoms with Gasteiger partial charge in [0.2, 0.25) is 19.3 Å². The Morgan fingerprint density at radius 2 is 0.681 bits per heavy atom. The molecule has 6 atom stereocenters. The van der Waals surface area contributed by atoms with Crippen LogP contribution in [0.4, 0.5) is 49.1 Å². The van der Waals surface area contributed by atoms with Crippen molar-refractivity contribution in [1.82, 2.24) is 0 Å². The summed E-state index contributed by atoms with van der Waals surface area (Å²) in [4.78, 5) is 51.7. The van der Waals surface area contributed by atoms with E-state index >= 15 is 0 Å². The quantitative estimate of drug-likeness (QED) is 0.0107. The summed E-state index contributed by atoms with van der Waals surface area (Å²) in [5, 5.41) is 34.0. The summed E-state index contributed by atoms with van der Waals surface area (Å²) in [6.45, 7) is 8.83. The van der Waals surface area contributed by atoms with Crippen LogP contribution in [-0.2, 0) is 55.0 Å². The van der Waals surface area contributed by atoms with E-state index in [1.54, 1.807) is 57.3 Å². The van der Waals surface area contributed by atoms with E-state index in [-0.39, 0.29) is 132 Å². The zero-order valence-electron chi connectivity index (χ0n) is 61.5. The maximum absolute atomic E-state index is 12.4. The largest absolute Gasteiger partial charge is 0.461 e. The molecule has 630 valence electrons. The molecule has 6 aromatic rings. The number of nitriles is 4. The Morgan fingerprint density at radius 3 is 0.920 bits per heavy atom. The van der Waals surface area contributed by atoms with Crippen LogP contribution < -0.4 is 22.9 Å². The van der Waals surface area contributed by atoms with Gasteiger partial charge < -0.3 is 41.9 Å². The van der Waals surface area contributed by atoms with Gasteiger partial charge in [0, 0.05) is 67.7 Å². The van der Waals surface area contributed by atoms with Crippen LogP contribution in [0.15, 0.2) is 192 Å². The van der Waals surface area contributed by atoms with Crippen molar-refractivity contribution in [1.29, 1.82) is 21.0 Å². The van der Waals surface area contributed by atoms with Gasteiger partial charge in [-0.2, -0.15) is 21.0 Å². The van der Waals surface area contributed by atoms with Crippen molar-refractivity contribution in [3.63, 3.8) is 0 Å². The molecule has 31 heteroatoms. The predicted octanol–water partition coefficient (Wildman–Crippen LogP) is 21.0. The van der Waals surface area contributed by atoms with E-state index in [1.165, 1.54) is 27.0 Å². The van der Waals surface area contributed by atoms with Gasteiger partial charge in [-0.3, -0.25) is 32.7 Å². The summed E-state index contributed by atoms with van der Waals surface area (Å²) in [7, 11) is 0. The molecule has 0 amide bonds. The Kier molecular flexibility index (Phi) is 72.5. The monoisotopic (exact) mass is 1680 g/mol. The number of ether oxygens (including phenoxy) is 4. The molecule has 18 nitrogen and oxygen atoms in total. The molecule has 6 aromatic carbocycles. The first-order valence-electron chi connectivity index (χ1n) is 33.0. The number of carbonyl (C=O) groups excluding carboxylic acids is 4. The SMILES string of the molecule is C.C.C.C.CC(C#N)(CC(F)F)N=Cc1ccccc1.CC(C#N)(CCF)N=Cc1ccccc1.CC(CN)(CC(=O)OCc1ccccc1)CC(F)F.CC(CN)(CCF)CC(=O)OCc1ccccc1.CC(N)(C#N)CC(F)F.CC(N)(C#N)CCF.Cl.Cl.O=C(Cl)OCc1ccccc1.O=C(Cl)OCc1ccccc1. The average Bonchev–Trinajstić information content (AvgIpc) is 0.888. The highest BCUT2D eigenvalue weighted by Crippen LogP contribution is 2.29. The van der Waals surface area contributed by atoms with Crippen molar-refractivity contribution in [2.75, 3.05) is 33.1 Å². The highest BCUT2D eigenvalue weighted by molar-refractivity contribution is 6.61. The molecule has 0 saturated heterocycles. The van der Waals surface area contributed by atoms with Crippen molar-refractivity contribution in [3.8, 4) is 24.3 Å². The van der Waals surface area contributed by atoms with Gasteiger partial charge in [0.05, 0.1) is 57.1 Å². The van der Waals surface area contributed by atoms with Gasteiger partial charge in [-0.1, -0.05) is 226 Å². The number of esters is 2. The topological polar surface area (TPSA) is 329 Å². The third-order valence-corrected chi connectivity index (χ3v) is 14.5. The molecule has 0 fully saturated rings. The number of rotatable bonds is 30. The fourth-order valence-electron chi connectivity index (χ4n) is 7.69. The van der Waals surface area contributed by atoms with Crippen LogP contribution in [0.3, 0.4) is 0 Å². The lowest BCUT2D eigenvalue weighted by Crippen LogP contribution is -2.36. The van der Waals surface area contributed by atoms with Crippen molar-refractivity contribution in [2.24, 2.45) is 43.7 Å². The van der Waals surface area contributed by atoms with Gasteiger partial charge in [0.1, 0.15) is 48.6 Å². The first-order chi connectivity index (χ1) is 50.5. The Balaban J connectivity index is -0.000000187. The second kappa shape index (κ2) is 68.5. The maximum Gasteiger partial charge on any atom is 0.404 e. The standard InChI is InChI=1S/C14H19F2NO2.C14H20FNO2.C12H12F2N2.C12H13FN2.2C8H7ClO2.C5H8F2N2.C5H9FN2.4CH4.2ClH/c1-14(10-17,7-12(15)16)8-13(18)19-9-11-5-3-2-4-6-11;1-14(11-16,7-8-15)9-13(17)18-10-12-5-3-2-4-6-12;1-12(9-15,7-11(13)14)16-8-10-5-3-2-4-6-10;1-12(10-14,7-8-13)15-9-11-5-3-2-4-6-11;2*9-8(10)11-6-7-4-2-1-3-5-7;1-5(9,3-8)2-4(6)7;1-5(8,4-7)2-3-6;;;;;;/h2-6,12H,7-10,17H2,1H3;2-6H,7-11,16H2,1H3;2-6,8,11H,7H2,1H3;2-6,9H,7-8H2,1H3;2*1-5H,6H2;4H,2,9H2,1H3;2-3,8H2,1H3;4*1H4;2*1H. The van der Waals surface area contributed by atoms with Gasteiger partial charge >= 0.3 is 22.8 Å². The van der Waals surface area contributed by atoms with Crippen LogP contribution in [0, 0.1) is 56.2 Å². The highest BCUT2D eigenvalue weighted by Gasteiger charge is 2.31. The summed E-state index contributed by atoms with van der Waals surface area (Å²) < 4.78 is 128. The number of benzene rings is 6. The van der Waals surface area contributed by atoms with E-state index in [2.05, 4.69) is 19.5 Å². The number of hydrogen-bond donors (Lipinski definition) is 4. The van der Waals surface area contributed by atoms with Crippen LogP contribution in [-0.4, -0.2) is 110 Å². The van der Waals surface area contributed by atoms with Crippen LogP contribution >= 0.6 is 48.0 Å². The normalized spacial score (nSPS) is 13.0. The number of nitrogens with zero attached hydrogens (tertiary/aromatic N) is 6. The summed E-state index contributed by atoms with van der Waals surface area (Å²) in [6.07, 6.45) is -5.38. The number of hydrogen-bond acceptors (Lipinski definition) is 18. The highest BCUT2D eigenvalue weighted by atomic mass is 35.5. The summed E-state index contributed by atoms with van der Waals surface area (Å²) in [6, 6.07) is 63.0. The zero-order chi connectivity index (χ0) is 81.2. The lowest BCUT2D eigenvalue weighted by molar-refractivity contribution is -0.148. The molecule has 0 heterocycles. The van der Waals surface area contributed by atoms with E-state index < -0.39 is 108 Å². The van der Waals surface area contributed by atoms with Crippen molar-refractivity contribution < 1.29 is 77.6 Å². The average molecular weight is 1680 g/mol. The smallest absolute Gasteiger partial charge is 0.404 e. The third kappa shape index (κ3) is 66.1. The Morgan fingerprint density at radius 1 is 0.407 bits per heavy atom. The molecular formula is C82H113Cl4F9N10O8. The summed E-state index contributed by atoms with van der Waals surface area (Å²) in [5.74, 6) is -0.835. The molecule has 0 aliphatic rings. The molecule has 6 rings (SSSR count). The fraction of sp³-hybridized carbons (Fsp3) is 0.439. The van der Waals surface area contributed by atoms with Crippen molar-refractivity contribution >= 4 is 83.2 Å². The molecule has 113 heavy (non-hydrogen) atoms. The molecule has 0 saturated carbocycles. The zero-order valence-corrected chi connectivity index (χ0v) is 64.6. The van der Waals surface area contributed by atoms with E-state index in [9.17, 15) is 58.7 Å². The van der Waals surface area contributed by atoms with Crippen LogP contribution in [0.5, 0.6) is 0 Å². The molecule has 0 aliphatic heterocycles. The van der Waals surface area contributed by atoms with Gasteiger partial charge in [0.25, 0.3) is 0 Å². The van der Waals surface area contributed by atoms with Crippen molar-refractivity contribution in [3.05, 3.63) is 215 Å². The first-order valence-corrected chi connectivity index (χ1v) is 33.7. The second-order valence-corrected chi connectivity index (χ2v) is 25.6. The van der Waals surface area contributed by atoms with Gasteiger partial charge in [-0.05, 0) is 91.4 Å². The Labute approximate surface area is 685 Å². The van der Waals surface area contributed by atoms with E-state index in [1.807, 2.05) is 176 Å². The van der Waals surface area contributed by atoms with Crippen molar-refractivity contribution in [2.45, 2.75) is 190 Å².